The third-order valence-electron chi connectivity index (χ3n) is 4.83. The third kappa shape index (κ3) is 5.58. The maximum Gasteiger partial charge on any atom is 0.220 e. The van der Waals surface area contributed by atoms with Crippen molar-refractivity contribution < 1.29 is 4.79 Å². The Morgan fingerprint density at radius 1 is 1.28 bits per heavy atom. The average Bonchev–Trinajstić information content (AvgIpc) is 3.12. The number of nitrogens with zero attached hydrogens (tertiary/aromatic N) is 1. The van der Waals surface area contributed by atoms with E-state index in [9.17, 15) is 4.79 Å². The first-order valence-electron chi connectivity index (χ1n) is 9.05. The minimum atomic E-state index is 0.124. The highest BCUT2D eigenvalue weighted by Crippen LogP contribution is 2.20. The fraction of sp³-hybridized carbons (Fsp3) is 0.450. The Labute approximate surface area is 154 Å². The van der Waals surface area contributed by atoms with E-state index < -0.39 is 0 Å². The van der Waals surface area contributed by atoms with Crippen LogP contribution in [0.15, 0.2) is 41.8 Å². The van der Waals surface area contributed by atoms with Crippen molar-refractivity contribution in [1.29, 1.82) is 0 Å². The molecule has 3 rings (SSSR count). The van der Waals surface area contributed by atoms with Crippen molar-refractivity contribution in [1.82, 2.24) is 10.2 Å². The van der Waals surface area contributed by atoms with Crippen molar-refractivity contribution in [3.05, 3.63) is 52.2 Å². The van der Waals surface area contributed by atoms with Crippen molar-refractivity contribution in [3.63, 3.8) is 0 Å². The molecule has 1 aliphatic heterocycles. The molecule has 0 aliphatic carbocycles. The number of nitrogen functional groups attached to an aromatic ring is 1. The van der Waals surface area contributed by atoms with Gasteiger partial charge in [0.05, 0.1) is 0 Å². The number of carbonyl (C=O) groups excluding carboxylic acids is 1. The van der Waals surface area contributed by atoms with Gasteiger partial charge < -0.3 is 11.1 Å². The van der Waals surface area contributed by atoms with Gasteiger partial charge in [-0.3, -0.25) is 9.69 Å². The van der Waals surface area contributed by atoms with E-state index in [1.165, 1.54) is 17.7 Å². The highest BCUT2D eigenvalue weighted by molar-refractivity contribution is 7.09. The highest BCUT2D eigenvalue weighted by atomic mass is 32.1. The van der Waals surface area contributed by atoms with Crippen molar-refractivity contribution in [3.8, 4) is 0 Å². The monoisotopic (exact) mass is 357 g/mol. The number of anilines is 1. The maximum atomic E-state index is 12.1. The molecule has 4 nitrogen and oxygen atoms in total. The summed E-state index contributed by atoms with van der Waals surface area (Å²) in [6.07, 6.45) is 3.62. The molecule has 0 spiro atoms. The minimum Gasteiger partial charge on any atom is -0.399 e. The van der Waals surface area contributed by atoms with E-state index in [0.717, 1.165) is 37.4 Å². The summed E-state index contributed by atoms with van der Waals surface area (Å²) in [5.74, 6) is 0.679. The zero-order valence-corrected chi connectivity index (χ0v) is 15.4. The molecular formula is C20H27N3OS. The molecule has 0 radical (unpaired) electrons. The molecule has 2 heterocycles. The largest absolute Gasteiger partial charge is 0.399 e. The van der Waals surface area contributed by atoms with Gasteiger partial charge in [-0.2, -0.15) is 0 Å². The van der Waals surface area contributed by atoms with Crippen molar-refractivity contribution in [2.45, 2.75) is 32.2 Å². The Balaban J connectivity index is 1.38. The summed E-state index contributed by atoms with van der Waals surface area (Å²) in [6, 6.07) is 12.1. The number of amides is 1. The van der Waals surface area contributed by atoms with Gasteiger partial charge in [0.25, 0.3) is 0 Å². The SMILES string of the molecule is Nc1ccccc1CCC(=O)NCC1CCCN(Cc2cccs2)C1. The first-order valence-corrected chi connectivity index (χ1v) is 9.93. The molecule has 1 aromatic heterocycles. The second kappa shape index (κ2) is 9.02. The van der Waals surface area contributed by atoms with Gasteiger partial charge >= 0.3 is 0 Å². The summed E-state index contributed by atoms with van der Waals surface area (Å²) in [7, 11) is 0. The average molecular weight is 358 g/mol. The molecule has 1 aliphatic rings. The quantitative estimate of drug-likeness (QED) is 0.748. The zero-order valence-electron chi connectivity index (χ0n) is 14.6. The second-order valence-corrected chi connectivity index (χ2v) is 7.86. The summed E-state index contributed by atoms with van der Waals surface area (Å²) in [5, 5.41) is 5.25. The number of nitrogens with two attached hydrogens (primary N) is 1. The number of nitrogens with one attached hydrogen (secondary N) is 1. The van der Waals surface area contributed by atoms with Crippen molar-refractivity contribution in [2.24, 2.45) is 5.92 Å². The molecule has 0 saturated carbocycles. The van der Waals surface area contributed by atoms with E-state index >= 15 is 0 Å². The normalized spacial score (nSPS) is 18.2. The number of hydrogen-bond donors (Lipinski definition) is 2. The molecule has 1 unspecified atom stereocenters. The van der Waals surface area contributed by atoms with Crippen LogP contribution in [0.4, 0.5) is 5.69 Å². The molecule has 0 bridgehead atoms. The standard InChI is InChI=1S/C20H27N3OS/c21-19-8-2-1-6-17(19)9-10-20(24)22-13-16-5-3-11-23(14-16)15-18-7-4-12-25-18/h1-2,4,6-8,12,16H,3,5,9-11,13-15,21H2,(H,22,24). The summed E-state index contributed by atoms with van der Waals surface area (Å²) in [6.45, 7) is 4.05. The number of hydrogen-bond acceptors (Lipinski definition) is 4. The molecule has 1 saturated heterocycles. The van der Waals surface area contributed by atoms with Crippen LogP contribution in [0.5, 0.6) is 0 Å². The van der Waals surface area contributed by atoms with Crippen LogP contribution in [-0.2, 0) is 17.8 Å². The van der Waals surface area contributed by atoms with E-state index in [1.54, 1.807) is 0 Å². The van der Waals surface area contributed by atoms with Crippen LogP contribution in [0.2, 0.25) is 0 Å². The number of thiophene rings is 1. The van der Waals surface area contributed by atoms with E-state index in [1.807, 2.05) is 35.6 Å². The predicted molar refractivity (Wildman–Crippen MR) is 105 cm³/mol. The van der Waals surface area contributed by atoms with Gasteiger partial charge in [0, 0.05) is 36.6 Å². The first kappa shape index (κ1) is 18.0. The van der Waals surface area contributed by atoms with E-state index in [4.69, 9.17) is 5.73 Å². The number of carbonyl (C=O) groups is 1. The molecule has 2 aromatic rings. The van der Waals surface area contributed by atoms with Gasteiger partial charge in [-0.05, 0) is 54.8 Å². The van der Waals surface area contributed by atoms with Gasteiger partial charge in [-0.15, -0.1) is 11.3 Å². The topological polar surface area (TPSA) is 58.4 Å². The van der Waals surface area contributed by atoms with E-state index in [0.29, 0.717) is 18.8 Å². The summed E-state index contributed by atoms with van der Waals surface area (Å²) < 4.78 is 0. The number of piperidine rings is 1. The lowest BCUT2D eigenvalue weighted by Crippen LogP contribution is -2.40. The second-order valence-electron chi connectivity index (χ2n) is 6.83. The smallest absolute Gasteiger partial charge is 0.220 e. The minimum absolute atomic E-state index is 0.124. The lowest BCUT2D eigenvalue weighted by atomic mass is 9.98. The Morgan fingerprint density at radius 3 is 2.96 bits per heavy atom. The number of rotatable bonds is 7. The van der Waals surface area contributed by atoms with Gasteiger partial charge in [0.1, 0.15) is 0 Å². The van der Waals surface area contributed by atoms with Crippen LogP contribution in [0.1, 0.15) is 29.7 Å². The van der Waals surface area contributed by atoms with Crippen LogP contribution in [-0.4, -0.2) is 30.4 Å². The van der Waals surface area contributed by atoms with Crippen LogP contribution in [0.25, 0.3) is 0 Å². The Bertz CT molecular complexity index is 671. The fourth-order valence-corrected chi connectivity index (χ4v) is 4.19. The molecule has 25 heavy (non-hydrogen) atoms. The van der Waals surface area contributed by atoms with Crippen molar-refractivity contribution in [2.75, 3.05) is 25.4 Å². The maximum absolute atomic E-state index is 12.1. The number of aryl methyl sites for hydroxylation is 1. The van der Waals surface area contributed by atoms with Crippen LogP contribution in [0, 0.1) is 5.92 Å². The number of likely N-dealkylation sites (tertiary alicyclic amines) is 1. The van der Waals surface area contributed by atoms with Gasteiger partial charge in [-0.25, -0.2) is 0 Å². The molecule has 3 N–H and O–H groups in total. The van der Waals surface area contributed by atoms with Crippen LogP contribution < -0.4 is 11.1 Å². The van der Waals surface area contributed by atoms with Crippen LogP contribution >= 0.6 is 11.3 Å². The zero-order chi connectivity index (χ0) is 17.5. The summed E-state index contributed by atoms with van der Waals surface area (Å²) >= 11 is 1.82. The molecule has 5 heteroatoms. The lowest BCUT2D eigenvalue weighted by Gasteiger charge is -2.32. The Kier molecular flexibility index (Phi) is 6.48. The predicted octanol–water partition coefficient (Wildman–Crippen LogP) is 3.29. The first-order chi connectivity index (χ1) is 12.2. The Morgan fingerprint density at radius 2 is 2.16 bits per heavy atom. The molecule has 1 fully saturated rings. The molecule has 1 aromatic carbocycles. The highest BCUT2D eigenvalue weighted by Gasteiger charge is 2.20. The molecular weight excluding hydrogens is 330 g/mol. The van der Waals surface area contributed by atoms with Gasteiger partial charge in [-0.1, -0.05) is 24.3 Å². The molecule has 134 valence electrons. The summed E-state index contributed by atoms with van der Waals surface area (Å²) in [4.78, 5) is 16.1. The summed E-state index contributed by atoms with van der Waals surface area (Å²) in [5.41, 5.74) is 7.76. The number of para-hydroxylation sites is 1. The van der Waals surface area contributed by atoms with Crippen molar-refractivity contribution >= 4 is 22.9 Å². The number of benzene rings is 1. The van der Waals surface area contributed by atoms with Gasteiger partial charge in [0.15, 0.2) is 0 Å². The fourth-order valence-electron chi connectivity index (χ4n) is 3.44. The molecule has 1 atom stereocenters. The Hall–Kier alpha value is -1.85. The van der Waals surface area contributed by atoms with Gasteiger partial charge in [0.2, 0.25) is 5.91 Å². The third-order valence-corrected chi connectivity index (χ3v) is 5.69. The van der Waals surface area contributed by atoms with E-state index in [2.05, 4.69) is 27.7 Å². The van der Waals surface area contributed by atoms with Crippen LogP contribution in [0.3, 0.4) is 0 Å². The molecule has 1 amide bonds. The van der Waals surface area contributed by atoms with E-state index in [-0.39, 0.29) is 5.91 Å². The lowest BCUT2D eigenvalue weighted by molar-refractivity contribution is -0.121.